The zero-order valence-electron chi connectivity index (χ0n) is 9.73. The molecule has 0 unspecified atom stereocenters. The first-order valence-corrected chi connectivity index (χ1v) is 6.80. The van der Waals surface area contributed by atoms with Gasteiger partial charge in [-0.05, 0) is 19.8 Å². The predicted molar refractivity (Wildman–Crippen MR) is 60.8 cm³/mol. The Balaban J connectivity index is 4.35. The van der Waals surface area contributed by atoms with E-state index in [0.29, 0.717) is 13.1 Å². The Morgan fingerprint density at radius 1 is 1.27 bits per heavy atom. The molecule has 0 aromatic heterocycles. The molecule has 0 radical (unpaired) electrons. The van der Waals surface area contributed by atoms with Gasteiger partial charge in [0.25, 0.3) is 10.2 Å². The highest BCUT2D eigenvalue weighted by molar-refractivity contribution is 7.87. The molecular weight excluding hydrogens is 216 g/mol. The summed E-state index contributed by atoms with van der Waals surface area (Å²) in [5, 5.41) is 9.01. The van der Waals surface area contributed by atoms with E-state index >= 15 is 0 Å². The molecule has 0 aliphatic carbocycles. The van der Waals surface area contributed by atoms with Gasteiger partial charge in [0.05, 0.1) is 6.10 Å². The van der Waals surface area contributed by atoms with Crippen molar-refractivity contribution in [3.8, 4) is 0 Å². The van der Waals surface area contributed by atoms with E-state index in [0.717, 1.165) is 12.8 Å². The van der Waals surface area contributed by atoms with Gasteiger partial charge in [0.15, 0.2) is 0 Å². The van der Waals surface area contributed by atoms with Gasteiger partial charge in [0, 0.05) is 19.6 Å². The topological polar surface area (TPSA) is 69.6 Å². The molecule has 15 heavy (non-hydrogen) atoms. The van der Waals surface area contributed by atoms with Crippen molar-refractivity contribution in [1.29, 1.82) is 0 Å². The smallest absolute Gasteiger partial charge is 0.279 e. The van der Waals surface area contributed by atoms with Gasteiger partial charge in [-0.3, -0.25) is 0 Å². The molecule has 0 rings (SSSR count). The molecule has 5 nitrogen and oxygen atoms in total. The average molecular weight is 238 g/mol. The lowest BCUT2D eigenvalue weighted by atomic mass is 10.4. The second-order valence-corrected chi connectivity index (χ2v) is 5.36. The van der Waals surface area contributed by atoms with Crippen LogP contribution >= 0.6 is 0 Å². The Hall–Kier alpha value is -0.170. The lowest BCUT2D eigenvalue weighted by molar-refractivity contribution is 0.197. The van der Waals surface area contributed by atoms with E-state index in [1.165, 1.54) is 4.31 Å². The summed E-state index contributed by atoms with van der Waals surface area (Å²) < 4.78 is 27.2. The fourth-order valence-corrected chi connectivity index (χ4v) is 2.65. The fourth-order valence-electron chi connectivity index (χ4n) is 1.17. The Morgan fingerprint density at radius 3 is 2.07 bits per heavy atom. The van der Waals surface area contributed by atoms with Crippen LogP contribution < -0.4 is 4.72 Å². The minimum absolute atomic E-state index is 0.0618. The highest BCUT2D eigenvalue weighted by Gasteiger charge is 2.19. The lowest BCUT2D eigenvalue weighted by Gasteiger charge is -2.21. The van der Waals surface area contributed by atoms with Crippen molar-refractivity contribution in [1.82, 2.24) is 9.03 Å². The first-order chi connectivity index (χ1) is 6.94. The summed E-state index contributed by atoms with van der Waals surface area (Å²) in [6.07, 6.45) is 0.912. The quantitative estimate of drug-likeness (QED) is 0.640. The normalized spacial score (nSPS) is 14.5. The number of nitrogens with zero attached hydrogens (tertiary/aromatic N) is 1. The van der Waals surface area contributed by atoms with E-state index in [-0.39, 0.29) is 6.54 Å². The van der Waals surface area contributed by atoms with Crippen LogP contribution in [0.15, 0.2) is 0 Å². The number of hydrogen-bond acceptors (Lipinski definition) is 3. The molecule has 2 N–H and O–H groups in total. The third kappa shape index (κ3) is 6.09. The van der Waals surface area contributed by atoms with Crippen molar-refractivity contribution in [2.75, 3.05) is 19.6 Å². The number of aliphatic hydroxyl groups is 1. The molecule has 0 aromatic rings. The molecule has 0 aromatic carbocycles. The van der Waals surface area contributed by atoms with E-state index in [4.69, 9.17) is 5.11 Å². The number of hydrogen-bond donors (Lipinski definition) is 2. The molecule has 0 amide bonds. The maximum Gasteiger partial charge on any atom is 0.279 e. The standard InChI is InChI=1S/C9H22N2O3S/c1-4-6-11(7-5-2)15(13,14)10-8-9(3)12/h9-10,12H,4-8H2,1-3H3/t9-/m0/s1. The van der Waals surface area contributed by atoms with Gasteiger partial charge in [0.2, 0.25) is 0 Å². The van der Waals surface area contributed by atoms with Gasteiger partial charge in [-0.25, -0.2) is 0 Å². The van der Waals surface area contributed by atoms with Crippen LogP contribution in [0.25, 0.3) is 0 Å². The first kappa shape index (κ1) is 14.8. The molecule has 0 aliphatic heterocycles. The number of rotatable bonds is 8. The van der Waals surface area contributed by atoms with Gasteiger partial charge < -0.3 is 5.11 Å². The van der Waals surface area contributed by atoms with Crippen LogP contribution in [0.5, 0.6) is 0 Å². The summed E-state index contributed by atoms with van der Waals surface area (Å²) in [6.45, 7) is 6.52. The van der Waals surface area contributed by atoms with Gasteiger partial charge >= 0.3 is 0 Å². The third-order valence-corrected chi connectivity index (χ3v) is 3.42. The Kier molecular flexibility index (Phi) is 7.08. The van der Waals surface area contributed by atoms with Crippen LogP contribution in [0, 0.1) is 0 Å². The summed E-state index contributed by atoms with van der Waals surface area (Å²) in [6, 6.07) is 0. The van der Waals surface area contributed by atoms with Crippen molar-refractivity contribution in [2.45, 2.75) is 39.7 Å². The molecular formula is C9H22N2O3S. The summed E-state index contributed by atoms with van der Waals surface area (Å²) in [4.78, 5) is 0. The highest BCUT2D eigenvalue weighted by Crippen LogP contribution is 2.01. The van der Waals surface area contributed by atoms with Crippen LogP contribution in [0.2, 0.25) is 0 Å². The number of nitrogens with one attached hydrogen (secondary N) is 1. The minimum Gasteiger partial charge on any atom is -0.392 e. The fraction of sp³-hybridized carbons (Fsp3) is 1.00. The van der Waals surface area contributed by atoms with Gasteiger partial charge in [-0.2, -0.15) is 17.4 Å². The van der Waals surface area contributed by atoms with E-state index < -0.39 is 16.3 Å². The van der Waals surface area contributed by atoms with E-state index in [1.807, 2.05) is 13.8 Å². The SMILES string of the molecule is CCCN(CCC)S(=O)(=O)NC[C@H](C)O. The molecule has 0 saturated carbocycles. The Bertz CT molecular complexity index is 246. The average Bonchev–Trinajstić information content (AvgIpc) is 2.15. The van der Waals surface area contributed by atoms with Crippen LogP contribution in [-0.4, -0.2) is 43.6 Å². The van der Waals surface area contributed by atoms with E-state index in [1.54, 1.807) is 6.92 Å². The zero-order chi connectivity index (χ0) is 11.9. The van der Waals surface area contributed by atoms with Gasteiger partial charge in [-0.1, -0.05) is 13.8 Å². The largest absolute Gasteiger partial charge is 0.392 e. The highest BCUT2D eigenvalue weighted by atomic mass is 32.2. The summed E-state index contributed by atoms with van der Waals surface area (Å²) in [7, 11) is -3.42. The predicted octanol–water partition coefficient (Wildman–Crippen LogP) is 0.324. The van der Waals surface area contributed by atoms with Crippen LogP contribution in [0.3, 0.4) is 0 Å². The van der Waals surface area contributed by atoms with Crippen molar-refractivity contribution in [2.24, 2.45) is 0 Å². The number of aliphatic hydroxyl groups excluding tert-OH is 1. The van der Waals surface area contributed by atoms with Crippen molar-refractivity contribution >= 4 is 10.2 Å². The maximum absolute atomic E-state index is 11.7. The molecule has 0 aliphatic rings. The van der Waals surface area contributed by atoms with Gasteiger partial charge in [0.1, 0.15) is 0 Å². The second-order valence-electron chi connectivity index (χ2n) is 3.60. The van der Waals surface area contributed by atoms with Crippen molar-refractivity contribution < 1.29 is 13.5 Å². The minimum atomic E-state index is -3.42. The zero-order valence-corrected chi connectivity index (χ0v) is 10.5. The maximum atomic E-state index is 11.7. The third-order valence-electron chi connectivity index (χ3n) is 1.85. The van der Waals surface area contributed by atoms with Crippen molar-refractivity contribution in [3.05, 3.63) is 0 Å². The molecule has 6 heteroatoms. The van der Waals surface area contributed by atoms with Crippen LogP contribution in [0.1, 0.15) is 33.6 Å². The summed E-state index contributed by atoms with van der Waals surface area (Å²) >= 11 is 0. The molecule has 1 atom stereocenters. The van der Waals surface area contributed by atoms with Crippen LogP contribution in [0.4, 0.5) is 0 Å². The molecule has 92 valence electrons. The lowest BCUT2D eigenvalue weighted by Crippen LogP contribution is -2.43. The van der Waals surface area contributed by atoms with E-state index in [9.17, 15) is 8.42 Å². The molecule has 0 saturated heterocycles. The second kappa shape index (κ2) is 7.16. The first-order valence-electron chi connectivity index (χ1n) is 5.36. The van der Waals surface area contributed by atoms with Crippen LogP contribution in [-0.2, 0) is 10.2 Å². The molecule has 0 heterocycles. The summed E-state index contributed by atoms with van der Waals surface area (Å²) in [5.74, 6) is 0. The summed E-state index contributed by atoms with van der Waals surface area (Å²) in [5.41, 5.74) is 0. The molecule has 0 spiro atoms. The molecule has 0 fully saturated rings. The monoisotopic (exact) mass is 238 g/mol. The van der Waals surface area contributed by atoms with Gasteiger partial charge in [-0.15, -0.1) is 0 Å². The Morgan fingerprint density at radius 2 is 1.73 bits per heavy atom. The Labute approximate surface area is 92.7 Å². The molecule has 0 bridgehead atoms. The van der Waals surface area contributed by atoms with Crippen molar-refractivity contribution in [3.63, 3.8) is 0 Å². The van der Waals surface area contributed by atoms with E-state index in [2.05, 4.69) is 4.72 Å².